The second kappa shape index (κ2) is 5.91. The standard InChI is InChI=1S/C15H16FN3OS/c16-11-3-1-10(2-4-11)7-14-18-8-13(21-14)15(20)19-6-5-12(17)9-19/h1-4,8,12H,5-7,9,17H2/t12-/m0/s1. The molecular weight excluding hydrogens is 289 g/mol. The third-order valence-electron chi connectivity index (χ3n) is 3.54. The molecule has 1 aliphatic heterocycles. The van der Waals surface area contributed by atoms with Gasteiger partial charge in [0, 0.05) is 25.6 Å². The minimum absolute atomic E-state index is 0.00538. The summed E-state index contributed by atoms with van der Waals surface area (Å²) in [6, 6.07) is 6.41. The fraction of sp³-hybridized carbons (Fsp3) is 0.333. The van der Waals surface area contributed by atoms with E-state index in [0.29, 0.717) is 24.4 Å². The zero-order valence-electron chi connectivity index (χ0n) is 11.5. The van der Waals surface area contributed by atoms with Crippen molar-refractivity contribution in [3.63, 3.8) is 0 Å². The van der Waals surface area contributed by atoms with E-state index in [4.69, 9.17) is 5.73 Å². The SMILES string of the molecule is N[C@H]1CCN(C(=O)c2cnc(Cc3ccc(F)cc3)s2)C1. The van der Waals surface area contributed by atoms with Crippen molar-refractivity contribution in [2.75, 3.05) is 13.1 Å². The first-order valence-electron chi connectivity index (χ1n) is 6.86. The van der Waals surface area contributed by atoms with E-state index in [2.05, 4.69) is 4.98 Å². The van der Waals surface area contributed by atoms with Crippen LogP contribution in [0.3, 0.4) is 0 Å². The first-order valence-corrected chi connectivity index (χ1v) is 7.67. The molecule has 1 aliphatic rings. The molecule has 1 amide bonds. The number of nitrogens with two attached hydrogens (primary N) is 1. The topological polar surface area (TPSA) is 59.2 Å². The predicted molar refractivity (Wildman–Crippen MR) is 79.8 cm³/mol. The highest BCUT2D eigenvalue weighted by atomic mass is 32.1. The Morgan fingerprint density at radius 3 is 2.86 bits per heavy atom. The zero-order valence-corrected chi connectivity index (χ0v) is 12.3. The Kier molecular flexibility index (Phi) is 3.98. The summed E-state index contributed by atoms with van der Waals surface area (Å²) >= 11 is 1.39. The Morgan fingerprint density at radius 1 is 1.43 bits per heavy atom. The van der Waals surface area contributed by atoms with Crippen LogP contribution in [0.25, 0.3) is 0 Å². The third kappa shape index (κ3) is 3.28. The highest BCUT2D eigenvalue weighted by molar-refractivity contribution is 7.13. The number of carbonyl (C=O) groups is 1. The predicted octanol–water partition coefficient (Wildman–Crippen LogP) is 2.05. The molecule has 4 nitrogen and oxygen atoms in total. The Labute approximate surface area is 126 Å². The van der Waals surface area contributed by atoms with Crippen LogP contribution in [0.4, 0.5) is 4.39 Å². The van der Waals surface area contributed by atoms with Gasteiger partial charge in [0.15, 0.2) is 0 Å². The van der Waals surface area contributed by atoms with Gasteiger partial charge in [-0.2, -0.15) is 0 Å². The highest BCUT2D eigenvalue weighted by Gasteiger charge is 2.25. The lowest BCUT2D eigenvalue weighted by Gasteiger charge is -2.13. The summed E-state index contributed by atoms with van der Waals surface area (Å²) in [5.41, 5.74) is 6.80. The van der Waals surface area contributed by atoms with Crippen LogP contribution in [0.2, 0.25) is 0 Å². The molecule has 1 fully saturated rings. The number of rotatable bonds is 3. The molecule has 0 bridgehead atoms. The quantitative estimate of drug-likeness (QED) is 0.944. The number of thiazole rings is 1. The fourth-order valence-electron chi connectivity index (χ4n) is 2.40. The molecule has 3 rings (SSSR count). The molecule has 0 spiro atoms. The average molecular weight is 305 g/mol. The van der Waals surface area contributed by atoms with Crippen molar-refractivity contribution in [3.05, 3.63) is 51.7 Å². The van der Waals surface area contributed by atoms with E-state index in [1.54, 1.807) is 23.2 Å². The van der Waals surface area contributed by atoms with Crippen molar-refractivity contribution < 1.29 is 9.18 Å². The number of benzene rings is 1. The molecule has 2 heterocycles. The monoisotopic (exact) mass is 305 g/mol. The van der Waals surface area contributed by atoms with Gasteiger partial charge in [0.25, 0.3) is 5.91 Å². The van der Waals surface area contributed by atoms with Crippen molar-refractivity contribution in [1.29, 1.82) is 0 Å². The Hall–Kier alpha value is -1.79. The second-order valence-electron chi connectivity index (χ2n) is 5.22. The fourth-order valence-corrected chi connectivity index (χ4v) is 3.32. The molecule has 1 aromatic heterocycles. The van der Waals surface area contributed by atoms with Crippen molar-refractivity contribution in [2.45, 2.75) is 18.9 Å². The summed E-state index contributed by atoms with van der Waals surface area (Å²) in [5.74, 6) is -0.245. The van der Waals surface area contributed by atoms with E-state index in [9.17, 15) is 9.18 Å². The first-order chi connectivity index (χ1) is 10.1. The van der Waals surface area contributed by atoms with Gasteiger partial charge in [-0.15, -0.1) is 11.3 Å². The Balaban J connectivity index is 1.68. The number of halogens is 1. The lowest BCUT2D eigenvalue weighted by atomic mass is 10.2. The van der Waals surface area contributed by atoms with Gasteiger partial charge in [-0.1, -0.05) is 12.1 Å². The minimum atomic E-state index is -0.251. The highest BCUT2D eigenvalue weighted by Crippen LogP contribution is 2.20. The molecule has 2 aromatic rings. The van der Waals surface area contributed by atoms with Gasteiger partial charge in [-0.25, -0.2) is 9.37 Å². The van der Waals surface area contributed by atoms with Crippen LogP contribution in [0.5, 0.6) is 0 Å². The minimum Gasteiger partial charge on any atom is -0.336 e. The molecule has 0 aliphatic carbocycles. The van der Waals surface area contributed by atoms with Gasteiger partial charge < -0.3 is 10.6 Å². The third-order valence-corrected chi connectivity index (χ3v) is 4.53. The van der Waals surface area contributed by atoms with Crippen molar-refractivity contribution >= 4 is 17.2 Å². The molecular formula is C15H16FN3OS. The maximum atomic E-state index is 12.9. The molecule has 6 heteroatoms. The molecule has 0 radical (unpaired) electrons. The van der Waals surface area contributed by atoms with E-state index in [1.807, 2.05) is 0 Å². The number of hydrogen-bond donors (Lipinski definition) is 1. The van der Waals surface area contributed by atoms with Crippen molar-refractivity contribution in [1.82, 2.24) is 9.88 Å². The number of nitrogens with zero attached hydrogens (tertiary/aromatic N) is 2. The molecule has 110 valence electrons. The molecule has 2 N–H and O–H groups in total. The molecule has 1 saturated heterocycles. The van der Waals surface area contributed by atoms with E-state index in [1.165, 1.54) is 23.5 Å². The lowest BCUT2D eigenvalue weighted by Crippen LogP contribution is -2.31. The van der Waals surface area contributed by atoms with Gasteiger partial charge in [0.2, 0.25) is 0 Å². The van der Waals surface area contributed by atoms with Crippen LogP contribution >= 0.6 is 11.3 Å². The Morgan fingerprint density at radius 2 is 2.19 bits per heavy atom. The van der Waals surface area contributed by atoms with E-state index >= 15 is 0 Å². The number of hydrogen-bond acceptors (Lipinski definition) is 4. The van der Waals surface area contributed by atoms with E-state index in [0.717, 1.165) is 17.0 Å². The van der Waals surface area contributed by atoms with Gasteiger partial charge >= 0.3 is 0 Å². The number of amides is 1. The molecule has 0 unspecified atom stereocenters. The summed E-state index contributed by atoms with van der Waals surface area (Å²) in [4.78, 5) is 19.0. The van der Waals surface area contributed by atoms with Gasteiger partial charge in [0.05, 0.1) is 11.2 Å². The smallest absolute Gasteiger partial charge is 0.265 e. The number of aromatic nitrogens is 1. The van der Waals surface area contributed by atoms with Crippen LogP contribution in [0.1, 0.15) is 26.7 Å². The summed E-state index contributed by atoms with van der Waals surface area (Å²) in [5, 5.41) is 0.855. The van der Waals surface area contributed by atoms with Crippen LogP contribution in [0.15, 0.2) is 30.5 Å². The van der Waals surface area contributed by atoms with E-state index < -0.39 is 0 Å². The largest absolute Gasteiger partial charge is 0.336 e. The normalized spacial score (nSPS) is 18.2. The summed E-state index contributed by atoms with van der Waals surface area (Å²) < 4.78 is 12.9. The van der Waals surface area contributed by atoms with Gasteiger partial charge in [-0.3, -0.25) is 4.79 Å². The number of carbonyl (C=O) groups excluding carboxylic acids is 1. The first kappa shape index (κ1) is 14.2. The maximum Gasteiger partial charge on any atom is 0.265 e. The van der Waals surface area contributed by atoms with Crippen molar-refractivity contribution in [3.8, 4) is 0 Å². The van der Waals surface area contributed by atoms with Crippen LogP contribution in [0, 0.1) is 5.82 Å². The number of likely N-dealkylation sites (tertiary alicyclic amines) is 1. The molecule has 1 aromatic carbocycles. The molecule has 1 atom stereocenters. The Bertz CT molecular complexity index is 641. The van der Waals surface area contributed by atoms with Crippen LogP contribution < -0.4 is 5.73 Å². The molecule has 21 heavy (non-hydrogen) atoms. The van der Waals surface area contributed by atoms with Gasteiger partial charge in [0.1, 0.15) is 10.7 Å². The average Bonchev–Trinajstić information content (AvgIpc) is 3.10. The van der Waals surface area contributed by atoms with Crippen LogP contribution in [-0.4, -0.2) is 34.9 Å². The van der Waals surface area contributed by atoms with Crippen molar-refractivity contribution in [2.24, 2.45) is 5.73 Å². The summed E-state index contributed by atoms with van der Waals surface area (Å²) in [7, 11) is 0. The summed E-state index contributed by atoms with van der Waals surface area (Å²) in [6.07, 6.45) is 3.08. The lowest BCUT2D eigenvalue weighted by molar-refractivity contribution is 0.0795. The maximum absolute atomic E-state index is 12.9. The zero-order chi connectivity index (χ0) is 14.8. The van der Waals surface area contributed by atoms with Crippen LogP contribution in [-0.2, 0) is 6.42 Å². The van der Waals surface area contributed by atoms with E-state index in [-0.39, 0.29) is 17.8 Å². The second-order valence-corrected chi connectivity index (χ2v) is 6.34. The summed E-state index contributed by atoms with van der Waals surface area (Å²) in [6.45, 7) is 1.33. The van der Waals surface area contributed by atoms with Gasteiger partial charge in [-0.05, 0) is 24.1 Å². The molecule has 0 saturated carbocycles.